The highest BCUT2D eigenvalue weighted by atomic mass is 16.4. The van der Waals surface area contributed by atoms with Gasteiger partial charge in [-0.1, -0.05) is 0 Å². The molecule has 19 heavy (non-hydrogen) atoms. The Bertz CT molecular complexity index is 430. The standard InChI is InChI=1S/C15H23NO3/c1-10-4-9-13(19-10)14(16(2)3)11-5-7-12(8-6-11)15(17)18/h4,9,11-12,14H,5-8H2,1-3H3,(H,17,18). The molecule has 106 valence electrons. The Morgan fingerprint density at radius 2 is 1.95 bits per heavy atom. The van der Waals surface area contributed by atoms with Crippen molar-refractivity contribution in [3.63, 3.8) is 0 Å². The second kappa shape index (κ2) is 5.78. The van der Waals surface area contributed by atoms with Crippen molar-refractivity contribution in [3.8, 4) is 0 Å². The molecule has 0 aliphatic heterocycles. The third kappa shape index (κ3) is 3.18. The van der Waals surface area contributed by atoms with Crippen molar-refractivity contribution < 1.29 is 14.3 Å². The molecule has 0 bridgehead atoms. The molecule has 1 aromatic rings. The highest BCUT2D eigenvalue weighted by Gasteiger charge is 2.33. The monoisotopic (exact) mass is 265 g/mol. The van der Waals surface area contributed by atoms with Gasteiger partial charge < -0.3 is 9.52 Å². The summed E-state index contributed by atoms with van der Waals surface area (Å²) >= 11 is 0. The van der Waals surface area contributed by atoms with Crippen molar-refractivity contribution in [2.75, 3.05) is 14.1 Å². The Labute approximate surface area is 114 Å². The van der Waals surface area contributed by atoms with Crippen LogP contribution in [0, 0.1) is 18.8 Å². The van der Waals surface area contributed by atoms with Crippen LogP contribution in [0.25, 0.3) is 0 Å². The second-order valence-corrected chi connectivity index (χ2v) is 5.81. The van der Waals surface area contributed by atoms with Gasteiger partial charge in [-0.25, -0.2) is 0 Å². The molecule has 0 amide bonds. The lowest BCUT2D eigenvalue weighted by Gasteiger charge is -2.35. The van der Waals surface area contributed by atoms with Crippen LogP contribution in [0.4, 0.5) is 0 Å². The molecular weight excluding hydrogens is 242 g/mol. The van der Waals surface area contributed by atoms with Crippen molar-refractivity contribution in [2.24, 2.45) is 11.8 Å². The first-order valence-electron chi connectivity index (χ1n) is 6.94. The van der Waals surface area contributed by atoms with Gasteiger partial charge in [0, 0.05) is 0 Å². The molecule has 1 aliphatic rings. The van der Waals surface area contributed by atoms with Crippen LogP contribution in [0.5, 0.6) is 0 Å². The average Bonchev–Trinajstić information content (AvgIpc) is 2.76. The van der Waals surface area contributed by atoms with E-state index in [9.17, 15) is 4.79 Å². The van der Waals surface area contributed by atoms with Gasteiger partial charge in [0.25, 0.3) is 0 Å². The Morgan fingerprint density at radius 3 is 2.37 bits per heavy atom. The molecule has 4 heteroatoms. The highest BCUT2D eigenvalue weighted by Crippen LogP contribution is 2.39. The highest BCUT2D eigenvalue weighted by molar-refractivity contribution is 5.70. The molecule has 0 spiro atoms. The fourth-order valence-electron chi connectivity index (χ4n) is 3.20. The smallest absolute Gasteiger partial charge is 0.306 e. The number of aliphatic carboxylic acids is 1. The Kier molecular flexibility index (Phi) is 4.30. The van der Waals surface area contributed by atoms with E-state index in [-0.39, 0.29) is 12.0 Å². The molecule has 1 atom stereocenters. The molecule has 1 N–H and O–H groups in total. The van der Waals surface area contributed by atoms with Crippen LogP contribution >= 0.6 is 0 Å². The van der Waals surface area contributed by atoms with Gasteiger partial charge in [-0.05, 0) is 64.8 Å². The third-order valence-corrected chi connectivity index (χ3v) is 4.18. The number of hydrogen-bond acceptors (Lipinski definition) is 3. The lowest BCUT2D eigenvalue weighted by molar-refractivity contribution is -0.143. The summed E-state index contributed by atoms with van der Waals surface area (Å²) in [6.07, 6.45) is 3.48. The summed E-state index contributed by atoms with van der Waals surface area (Å²) < 4.78 is 5.78. The molecule has 1 heterocycles. The fraction of sp³-hybridized carbons (Fsp3) is 0.667. The maximum Gasteiger partial charge on any atom is 0.306 e. The number of nitrogens with zero attached hydrogens (tertiary/aromatic N) is 1. The van der Waals surface area contributed by atoms with Crippen molar-refractivity contribution in [3.05, 3.63) is 23.7 Å². The van der Waals surface area contributed by atoms with Crippen LogP contribution in [0.1, 0.15) is 43.2 Å². The molecule has 0 aromatic carbocycles. The summed E-state index contributed by atoms with van der Waals surface area (Å²) in [4.78, 5) is 13.2. The van der Waals surface area contributed by atoms with Gasteiger partial charge in [-0.2, -0.15) is 0 Å². The van der Waals surface area contributed by atoms with Gasteiger partial charge in [-0.3, -0.25) is 9.69 Å². The predicted molar refractivity (Wildman–Crippen MR) is 73.0 cm³/mol. The maximum absolute atomic E-state index is 11.0. The Balaban J connectivity index is 2.07. The minimum absolute atomic E-state index is 0.155. The number of furan rings is 1. The number of aryl methyl sites for hydroxylation is 1. The molecule has 0 radical (unpaired) electrons. The minimum atomic E-state index is -0.645. The summed E-state index contributed by atoms with van der Waals surface area (Å²) in [5.41, 5.74) is 0. The van der Waals surface area contributed by atoms with E-state index >= 15 is 0 Å². The number of carboxylic acid groups (broad SMARTS) is 1. The lowest BCUT2D eigenvalue weighted by Crippen LogP contribution is -2.31. The van der Waals surface area contributed by atoms with Crippen molar-refractivity contribution >= 4 is 5.97 Å². The zero-order chi connectivity index (χ0) is 14.0. The third-order valence-electron chi connectivity index (χ3n) is 4.18. The molecule has 1 saturated carbocycles. The average molecular weight is 265 g/mol. The number of rotatable bonds is 4. The van der Waals surface area contributed by atoms with Gasteiger partial charge in [0.05, 0.1) is 12.0 Å². The zero-order valence-electron chi connectivity index (χ0n) is 11.9. The van der Waals surface area contributed by atoms with Crippen LogP contribution in [0.15, 0.2) is 16.5 Å². The van der Waals surface area contributed by atoms with Crippen molar-refractivity contribution in [2.45, 2.75) is 38.6 Å². The zero-order valence-corrected chi connectivity index (χ0v) is 11.9. The Hall–Kier alpha value is -1.29. The molecular formula is C15H23NO3. The van der Waals surface area contributed by atoms with Gasteiger partial charge in [0.2, 0.25) is 0 Å². The number of carboxylic acids is 1. The van der Waals surface area contributed by atoms with Crippen LogP contribution in [0.2, 0.25) is 0 Å². The first-order valence-corrected chi connectivity index (χ1v) is 6.94. The van der Waals surface area contributed by atoms with Crippen LogP contribution < -0.4 is 0 Å². The van der Waals surface area contributed by atoms with Crippen molar-refractivity contribution in [1.82, 2.24) is 4.90 Å². The van der Waals surface area contributed by atoms with E-state index in [2.05, 4.69) is 19.0 Å². The lowest BCUT2D eigenvalue weighted by atomic mass is 9.77. The molecule has 0 saturated heterocycles. The minimum Gasteiger partial charge on any atom is -0.481 e. The molecule has 1 aliphatic carbocycles. The normalized spacial score (nSPS) is 25.5. The summed E-state index contributed by atoms with van der Waals surface area (Å²) in [5.74, 6) is 1.62. The van der Waals surface area contributed by atoms with Crippen LogP contribution in [0.3, 0.4) is 0 Å². The summed E-state index contributed by atoms with van der Waals surface area (Å²) in [6, 6.07) is 4.29. The van der Waals surface area contributed by atoms with E-state index in [4.69, 9.17) is 9.52 Å². The SMILES string of the molecule is Cc1ccc(C(C2CCC(C(=O)O)CC2)N(C)C)o1. The van der Waals surface area contributed by atoms with E-state index in [1.807, 2.05) is 19.1 Å². The largest absolute Gasteiger partial charge is 0.481 e. The second-order valence-electron chi connectivity index (χ2n) is 5.81. The van der Waals surface area contributed by atoms with Crippen LogP contribution in [-0.4, -0.2) is 30.1 Å². The first-order chi connectivity index (χ1) is 8.99. The quantitative estimate of drug-likeness (QED) is 0.909. The van der Waals surface area contributed by atoms with E-state index in [0.29, 0.717) is 5.92 Å². The number of carbonyl (C=O) groups is 1. The van der Waals surface area contributed by atoms with Gasteiger partial charge in [-0.15, -0.1) is 0 Å². The summed E-state index contributed by atoms with van der Waals surface area (Å²) in [7, 11) is 4.12. The molecule has 2 rings (SSSR count). The predicted octanol–water partition coefficient (Wildman–Crippen LogP) is 3.08. The topological polar surface area (TPSA) is 53.7 Å². The maximum atomic E-state index is 11.0. The van der Waals surface area contributed by atoms with E-state index < -0.39 is 5.97 Å². The number of hydrogen-bond donors (Lipinski definition) is 1. The van der Waals surface area contributed by atoms with E-state index in [0.717, 1.165) is 37.2 Å². The van der Waals surface area contributed by atoms with E-state index in [1.54, 1.807) is 0 Å². The molecule has 1 aromatic heterocycles. The summed E-state index contributed by atoms with van der Waals surface area (Å²) in [6.45, 7) is 1.96. The Morgan fingerprint density at radius 1 is 1.32 bits per heavy atom. The van der Waals surface area contributed by atoms with Gasteiger partial charge >= 0.3 is 5.97 Å². The van der Waals surface area contributed by atoms with Crippen molar-refractivity contribution in [1.29, 1.82) is 0 Å². The van der Waals surface area contributed by atoms with E-state index in [1.165, 1.54) is 0 Å². The fourth-order valence-corrected chi connectivity index (χ4v) is 3.20. The summed E-state index contributed by atoms with van der Waals surface area (Å²) in [5, 5.41) is 9.06. The molecule has 4 nitrogen and oxygen atoms in total. The first kappa shape index (κ1) is 14.1. The molecule has 1 fully saturated rings. The van der Waals surface area contributed by atoms with Gasteiger partial charge in [0.1, 0.15) is 11.5 Å². The molecule has 1 unspecified atom stereocenters. The van der Waals surface area contributed by atoms with Gasteiger partial charge in [0.15, 0.2) is 0 Å². The van der Waals surface area contributed by atoms with Crippen LogP contribution in [-0.2, 0) is 4.79 Å².